The second-order valence-electron chi connectivity index (χ2n) is 12.1. The Kier molecular flexibility index (Phi) is 9.44. The van der Waals surface area contributed by atoms with Gasteiger partial charge in [0.1, 0.15) is 21.2 Å². The van der Waals surface area contributed by atoms with E-state index in [0.717, 1.165) is 27.8 Å². The molecular weight excluding hydrogens is 570 g/mol. The average molecular weight is 610 g/mol. The maximum atomic E-state index is 13.3. The molecule has 1 aromatic heterocycles. The fourth-order valence-corrected chi connectivity index (χ4v) is 5.64. The van der Waals surface area contributed by atoms with Gasteiger partial charge >= 0.3 is 12.1 Å². The molecule has 1 fully saturated rings. The van der Waals surface area contributed by atoms with Gasteiger partial charge in [-0.05, 0) is 93.5 Å². The maximum absolute atomic E-state index is 13.3. The molecule has 1 aliphatic rings. The van der Waals surface area contributed by atoms with E-state index in [-0.39, 0.29) is 18.2 Å². The number of nitrogens with zero attached hydrogens (tertiary/aromatic N) is 3. The zero-order valence-electron chi connectivity index (χ0n) is 25.5. The standard InChI is InChI=1S/C32H39N3O7S/c1-20-13-24(41-11-8-12-43(6,39)40)14-21(2)29(20)23-10-7-9-22(15-23)19-35(31(38)42-32(3,4)5)28-18-33-27(17-34-28)25-16-26(25)30(36)37/h7,9-10,13-15,17-18,25-26H,8,11-12,16,19H2,1-6H3,(H,36,37)/t25-,26-/m0/s1. The first kappa shape index (κ1) is 31.9. The molecular formula is C32H39N3O7S. The lowest BCUT2D eigenvalue weighted by Crippen LogP contribution is -2.37. The van der Waals surface area contributed by atoms with Gasteiger partial charge in [0.15, 0.2) is 5.82 Å². The molecule has 4 rings (SSSR count). The van der Waals surface area contributed by atoms with Crippen molar-refractivity contribution in [3.8, 4) is 16.9 Å². The Bertz CT molecular complexity index is 1570. The molecule has 0 radical (unpaired) electrons. The van der Waals surface area contributed by atoms with Crippen molar-refractivity contribution >= 4 is 27.7 Å². The number of carboxylic acids is 1. The molecule has 0 spiro atoms. The van der Waals surface area contributed by atoms with Crippen LogP contribution in [-0.4, -0.2) is 59.8 Å². The van der Waals surface area contributed by atoms with E-state index in [1.165, 1.54) is 23.5 Å². The summed E-state index contributed by atoms with van der Waals surface area (Å²) in [6.07, 6.45) is 4.62. The molecule has 11 heteroatoms. The van der Waals surface area contributed by atoms with Crippen LogP contribution in [0, 0.1) is 19.8 Å². The molecule has 230 valence electrons. The number of ether oxygens (including phenoxy) is 2. The number of carbonyl (C=O) groups excluding carboxylic acids is 1. The highest BCUT2D eigenvalue weighted by Crippen LogP contribution is 2.46. The number of carbonyl (C=O) groups is 2. The summed E-state index contributed by atoms with van der Waals surface area (Å²) in [5.74, 6) is -0.386. The molecule has 0 saturated heterocycles. The quantitative estimate of drug-likeness (QED) is 0.271. The van der Waals surface area contributed by atoms with E-state index in [2.05, 4.69) is 9.97 Å². The topological polar surface area (TPSA) is 136 Å². The molecule has 2 atom stereocenters. The van der Waals surface area contributed by atoms with E-state index in [0.29, 0.717) is 36.7 Å². The highest BCUT2D eigenvalue weighted by molar-refractivity contribution is 7.90. The SMILES string of the molecule is Cc1cc(OCCCS(C)(=O)=O)cc(C)c1-c1cccc(CN(C(=O)OC(C)(C)C)c2cnc([C@H]3C[C@@H]3C(=O)O)cn2)c1. The van der Waals surface area contributed by atoms with Crippen LogP contribution in [0.4, 0.5) is 10.6 Å². The number of carboxylic acid groups (broad SMARTS) is 1. The van der Waals surface area contributed by atoms with Crippen LogP contribution in [0.2, 0.25) is 0 Å². The maximum Gasteiger partial charge on any atom is 0.416 e. The van der Waals surface area contributed by atoms with Gasteiger partial charge in [-0.1, -0.05) is 18.2 Å². The molecule has 43 heavy (non-hydrogen) atoms. The molecule has 10 nitrogen and oxygen atoms in total. The summed E-state index contributed by atoms with van der Waals surface area (Å²) in [5.41, 5.74) is 4.72. The monoisotopic (exact) mass is 609 g/mol. The van der Waals surface area contributed by atoms with Crippen molar-refractivity contribution in [2.24, 2.45) is 5.92 Å². The van der Waals surface area contributed by atoms with Crippen molar-refractivity contribution in [2.75, 3.05) is 23.5 Å². The summed E-state index contributed by atoms with van der Waals surface area (Å²) in [6.45, 7) is 9.87. The van der Waals surface area contributed by atoms with Gasteiger partial charge in [-0.3, -0.25) is 14.7 Å². The van der Waals surface area contributed by atoms with Crippen LogP contribution in [-0.2, 0) is 25.9 Å². The Hall–Kier alpha value is -3.99. The summed E-state index contributed by atoms with van der Waals surface area (Å²) in [7, 11) is -3.03. The summed E-state index contributed by atoms with van der Waals surface area (Å²) in [5, 5.41) is 9.25. The first-order valence-corrected chi connectivity index (χ1v) is 16.2. The normalized spacial score (nSPS) is 16.4. The summed E-state index contributed by atoms with van der Waals surface area (Å²) in [4.78, 5) is 34.9. The number of benzene rings is 2. The Balaban J connectivity index is 1.56. The van der Waals surface area contributed by atoms with Gasteiger partial charge in [-0.2, -0.15) is 0 Å². The number of anilines is 1. The Morgan fingerprint density at radius 1 is 1.07 bits per heavy atom. The van der Waals surface area contributed by atoms with Crippen molar-refractivity contribution < 1.29 is 32.6 Å². The first-order chi connectivity index (χ1) is 20.1. The minimum atomic E-state index is -3.03. The number of hydrogen-bond donors (Lipinski definition) is 1. The molecule has 2 aromatic carbocycles. The van der Waals surface area contributed by atoms with Gasteiger partial charge in [-0.25, -0.2) is 18.2 Å². The minimum absolute atomic E-state index is 0.0809. The van der Waals surface area contributed by atoms with Crippen LogP contribution in [0.25, 0.3) is 11.1 Å². The summed E-state index contributed by atoms with van der Waals surface area (Å²) >= 11 is 0. The van der Waals surface area contributed by atoms with Crippen molar-refractivity contribution in [2.45, 2.75) is 65.5 Å². The van der Waals surface area contributed by atoms with Crippen LogP contribution >= 0.6 is 0 Å². The smallest absolute Gasteiger partial charge is 0.416 e. The number of sulfone groups is 1. The van der Waals surface area contributed by atoms with Gasteiger partial charge < -0.3 is 14.6 Å². The van der Waals surface area contributed by atoms with Gasteiger partial charge in [0.25, 0.3) is 0 Å². The fourth-order valence-electron chi connectivity index (χ4n) is 4.99. The Morgan fingerprint density at radius 2 is 1.77 bits per heavy atom. The molecule has 1 heterocycles. The molecule has 1 N–H and O–H groups in total. The Morgan fingerprint density at radius 3 is 2.33 bits per heavy atom. The van der Waals surface area contributed by atoms with Crippen molar-refractivity contribution in [3.63, 3.8) is 0 Å². The largest absolute Gasteiger partial charge is 0.494 e. The van der Waals surface area contributed by atoms with Gasteiger partial charge in [-0.15, -0.1) is 0 Å². The Labute approximate surface area is 253 Å². The number of aliphatic carboxylic acids is 1. The summed E-state index contributed by atoms with van der Waals surface area (Å²) in [6, 6.07) is 11.8. The van der Waals surface area contributed by atoms with Crippen LogP contribution in [0.5, 0.6) is 5.75 Å². The van der Waals surface area contributed by atoms with Crippen LogP contribution < -0.4 is 9.64 Å². The molecule has 1 aliphatic carbocycles. The minimum Gasteiger partial charge on any atom is -0.494 e. The van der Waals surface area contributed by atoms with Gasteiger partial charge in [0.05, 0.1) is 42.9 Å². The van der Waals surface area contributed by atoms with Crippen molar-refractivity contribution in [3.05, 3.63) is 71.2 Å². The zero-order chi connectivity index (χ0) is 31.5. The third-order valence-electron chi connectivity index (χ3n) is 7.03. The molecule has 0 aliphatic heterocycles. The lowest BCUT2D eigenvalue weighted by atomic mass is 9.94. The van der Waals surface area contributed by atoms with Crippen molar-refractivity contribution in [1.82, 2.24) is 9.97 Å². The number of hydrogen-bond acceptors (Lipinski definition) is 8. The van der Waals surface area contributed by atoms with E-state index in [9.17, 15) is 23.1 Å². The van der Waals surface area contributed by atoms with E-state index in [1.54, 1.807) is 20.8 Å². The highest BCUT2D eigenvalue weighted by atomic mass is 32.2. The van der Waals surface area contributed by atoms with E-state index in [1.807, 2.05) is 50.2 Å². The number of amides is 1. The predicted molar refractivity (Wildman–Crippen MR) is 164 cm³/mol. The van der Waals surface area contributed by atoms with E-state index < -0.39 is 33.4 Å². The van der Waals surface area contributed by atoms with Gasteiger partial charge in [0.2, 0.25) is 0 Å². The van der Waals surface area contributed by atoms with Crippen LogP contribution in [0.3, 0.4) is 0 Å². The molecule has 1 amide bonds. The summed E-state index contributed by atoms with van der Waals surface area (Å²) < 4.78 is 34.3. The molecule has 1 saturated carbocycles. The second-order valence-corrected chi connectivity index (χ2v) is 14.4. The molecule has 0 bridgehead atoms. The fraction of sp³-hybridized carbons (Fsp3) is 0.438. The van der Waals surface area contributed by atoms with Crippen LogP contribution in [0.15, 0.2) is 48.8 Å². The van der Waals surface area contributed by atoms with Crippen molar-refractivity contribution in [1.29, 1.82) is 0 Å². The lowest BCUT2D eigenvalue weighted by molar-refractivity contribution is -0.138. The number of aryl methyl sites for hydroxylation is 2. The number of aromatic nitrogens is 2. The predicted octanol–water partition coefficient (Wildman–Crippen LogP) is 5.70. The number of rotatable bonds is 11. The van der Waals surface area contributed by atoms with E-state index >= 15 is 0 Å². The second kappa shape index (κ2) is 12.7. The van der Waals surface area contributed by atoms with Gasteiger partial charge in [0, 0.05) is 12.2 Å². The average Bonchev–Trinajstić information content (AvgIpc) is 3.70. The third-order valence-corrected chi connectivity index (χ3v) is 8.06. The highest BCUT2D eigenvalue weighted by Gasteiger charge is 2.45. The molecule has 0 unspecified atom stereocenters. The first-order valence-electron chi connectivity index (χ1n) is 14.2. The van der Waals surface area contributed by atoms with Crippen LogP contribution in [0.1, 0.15) is 61.9 Å². The molecule has 3 aromatic rings. The lowest BCUT2D eigenvalue weighted by Gasteiger charge is -2.27. The zero-order valence-corrected chi connectivity index (χ0v) is 26.3. The van der Waals surface area contributed by atoms with E-state index in [4.69, 9.17) is 9.47 Å². The third kappa shape index (κ3) is 8.76.